The van der Waals surface area contributed by atoms with Crippen LogP contribution in [-0.4, -0.2) is 28.9 Å². The molecule has 0 aliphatic carbocycles. The molecule has 0 aliphatic heterocycles. The summed E-state index contributed by atoms with van der Waals surface area (Å²) in [5, 5.41) is 13.9. The largest absolute Gasteiger partial charge is 0.478 e. The standard InChI is InChI=1S/C13H16N2O4/c1-7-6-10(13(18)19)4-5-11(7)15-12(17)8(2)14-9(3)16/h4-6,8H,1-3H3,(H,14,16)(H,15,17)(H,18,19). The molecule has 6 heteroatoms. The molecule has 2 amide bonds. The number of carbonyl (C=O) groups excluding carboxylic acids is 2. The first-order chi connectivity index (χ1) is 8.81. The maximum absolute atomic E-state index is 11.8. The summed E-state index contributed by atoms with van der Waals surface area (Å²) in [6.07, 6.45) is 0. The van der Waals surface area contributed by atoms with E-state index in [9.17, 15) is 14.4 Å². The van der Waals surface area contributed by atoms with Crippen LogP contribution in [-0.2, 0) is 9.59 Å². The first kappa shape index (κ1) is 14.7. The number of nitrogens with one attached hydrogen (secondary N) is 2. The lowest BCUT2D eigenvalue weighted by molar-refractivity contribution is -0.124. The maximum atomic E-state index is 11.8. The Kier molecular flexibility index (Phi) is 4.63. The summed E-state index contributed by atoms with van der Waals surface area (Å²) in [6.45, 7) is 4.60. The number of benzene rings is 1. The van der Waals surface area contributed by atoms with Crippen LogP contribution < -0.4 is 10.6 Å². The maximum Gasteiger partial charge on any atom is 0.335 e. The van der Waals surface area contributed by atoms with Gasteiger partial charge in [-0.2, -0.15) is 0 Å². The number of anilines is 1. The van der Waals surface area contributed by atoms with Crippen LogP contribution in [0.2, 0.25) is 0 Å². The van der Waals surface area contributed by atoms with Crippen molar-refractivity contribution in [2.45, 2.75) is 26.8 Å². The summed E-state index contributed by atoms with van der Waals surface area (Å²) < 4.78 is 0. The summed E-state index contributed by atoms with van der Waals surface area (Å²) in [5.41, 5.74) is 1.32. The van der Waals surface area contributed by atoms with Crippen LogP contribution in [0, 0.1) is 6.92 Å². The molecule has 0 aliphatic rings. The molecule has 0 heterocycles. The molecule has 1 aromatic rings. The van der Waals surface area contributed by atoms with Gasteiger partial charge < -0.3 is 15.7 Å². The molecular weight excluding hydrogens is 248 g/mol. The Morgan fingerprint density at radius 1 is 1.26 bits per heavy atom. The molecular formula is C13H16N2O4. The Morgan fingerprint density at radius 2 is 1.89 bits per heavy atom. The Bertz CT molecular complexity index is 525. The van der Waals surface area contributed by atoms with E-state index in [-0.39, 0.29) is 17.4 Å². The van der Waals surface area contributed by atoms with E-state index < -0.39 is 12.0 Å². The minimum Gasteiger partial charge on any atom is -0.478 e. The highest BCUT2D eigenvalue weighted by Crippen LogP contribution is 2.16. The Morgan fingerprint density at radius 3 is 2.37 bits per heavy atom. The van der Waals surface area contributed by atoms with Gasteiger partial charge in [-0.1, -0.05) is 0 Å². The average Bonchev–Trinajstić information content (AvgIpc) is 2.30. The van der Waals surface area contributed by atoms with Gasteiger partial charge in [-0.3, -0.25) is 9.59 Å². The van der Waals surface area contributed by atoms with Crippen molar-refractivity contribution >= 4 is 23.5 Å². The Hall–Kier alpha value is -2.37. The predicted molar refractivity (Wildman–Crippen MR) is 70.0 cm³/mol. The number of carboxylic acids is 1. The first-order valence-corrected chi connectivity index (χ1v) is 5.73. The summed E-state index contributed by atoms with van der Waals surface area (Å²) in [4.78, 5) is 33.4. The molecule has 0 saturated carbocycles. The van der Waals surface area contributed by atoms with Gasteiger partial charge in [0.1, 0.15) is 6.04 Å². The quantitative estimate of drug-likeness (QED) is 0.760. The number of hydrogen-bond donors (Lipinski definition) is 3. The molecule has 3 N–H and O–H groups in total. The van der Waals surface area contributed by atoms with Crippen LogP contribution in [0.3, 0.4) is 0 Å². The van der Waals surface area contributed by atoms with Crippen molar-refractivity contribution in [3.05, 3.63) is 29.3 Å². The van der Waals surface area contributed by atoms with Gasteiger partial charge in [-0.15, -0.1) is 0 Å². The van der Waals surface area contributed by atoms with Crippen molar-refractivity contribution in [1.82, 2.24) is 5.32 Å². The normalized spacial score (nSPS) is 11.5. The van der Waals surface area contributed by atoms with Crippen LogP contribution in [0.1, 0.15) is 29.8 Å². The monoisotopic (exact) mass is 264 g/mol. The number of carboxylic acid groups (broad SMARTS) is 1. The van der Waals surface area contributed by atoms with E-state index in [0.29, 0.717) is 11.3 Å². The average molecular weight is 264 g/mol. The van der Waals surface area contributed by atoms with Crippen LogP contribution in [0.5, 0.6) is 0 Å². The lowest BCUT2D eigenvalue weighted by Crippen LogP contribution is -2.40. The van der Waals surface area contributed by atoms with Crippen molar-refractivity contribution in [2.24, 2.45) is 0 Å². The third-order valence-electron chi connectivity index (χ3n) is 2.54. The van der Waals surface area contributed by atoms with Crippen molar-refractivity contribution in [1.29, 1.82) is 0 Å². The minimum absolute atomic E-state index is 0.158. The summed E-state index contributed by atoms with van der Waals surface area (Å²) >= 11 is 0. The van der Waals surface area contributed by atoms with E-state index in [1.165, 1.54) is 25.1 Å². The highest BCUT2D eigenvalue weighted by atomic mass is 16.4. The number of rotatable bonds is 4. The molecule has 1 atom stereocenters. The van der Waals surface area contributed by atoms with Crippen molar-refractivity contribution < 1.29 is 19.5 Å². The van der Waals surface area contributed by atoms with Gasteiger partial charge in [0, 0.05) is 12.6 Å². The highest BCUT2D eigenvalue weighted by molar-refractivity contribution is 5.97. The lowest BCUT2D eigenvalue weighted by atomic mass is 10.1. The van der Waals surface area contributed by atoms with E-state index in [1.807, 2.05) is 0 Å². The van der Waals surface area contributed by atoms with Gasteiger partial charge in [0.25, 0.3) is 0 Å². The minimum atomic E-state index is -1.02. The van der Waals surface area contributed by atoms with E-state index in [0.717, 1.165) is 0 Å². The number of amides is 2. The molecule has 19 heavy (non-hydrogen) atoms. The fourth-order valence-corrected chi connectivity index (χ4v) is 1.55. The van der Waals surface area contributed by atoms with Gasteiger partial charge in [0.15, 0.2) is 0 Å². The zero-order valence-corrected chi connectivity index (χ0v) is 11.0. The third-order valence-corrected chi connectivity index (χ3v) is 2.54. The molecule has 1 unspecified atom stereocenters. The predicted octanol–water partition coefficient (Wildman–Crippen LogP) is 1.16. The number of carbonyl (C=O) groups is 3. The second-order valence-corrected chi connectivity index (χ2v) is 4.25. The molecule has 102 valence electrons. The van der Waals surface area contributed by atoms with Gasteiger partial charge in [0.05, 0.1) is 5.56 Å². The number of aryl methyl sites for hydroxylation is 1. The second-order valence-electron chi connectivity index (χ2n) is 4.25. The molecule has 0 saturated heterocycles. The summed E-state index contributed by atoms with van der Waals surface area (Å²) in [5.74, 6) is -1.67. The molecule has 0 fully saturated rings. The fraction of sp³-hybridized carbons (Fsp3) is 0.308. The fourth-order valence-electron chi connectivity index (χ4n) is 1.55. The molecule has 0 radical (unpaired) electrons. The summed E-state index contributed by atoms with van der Waals surface area (Å²) in [7, 11) is 0. The van der Waals surface area contributed by atoms with Crippen molar-refractivity contribution in [3.8, 4) is 0 Å². The van der Waals surface area contributed by atoms with Crippen LogP contribution in [0.15, 0.2) is 18.2 Å². The third kappa shape index (κ3) is 4.09. The van der Waals surface area contributed by atoms with Crippen molar-refractivity contribution in [2.75, 3.05) is 5.32 Å². The zero-order valence-electron chi connectivity index (χ0n) is 11.0. The van der Waals surface area contributed by atoms with E-state index in [1.54, 1.807) is 13.8 Å². The smallest absolute Gasteiger partial charge is 0.335 e. The van der Waals surface area contributed by atoms with E-state index >= 15 is 0 Å². The van der Waals surface area contributed by atoms with Gasteiger partial charge in [0.2, 0.25) is 11.8 Å². The molecule has 0 aromatic heterocycles. The van der Waals surface area contributed by atoms with E-state index in [4.69, 9.17) is 5.11 Å². The van der Waals surface area contributed by atoms with Gasteiger partial charge in [-0.05, 0) is 37.6 Å². The Balaban J connectivity index is 2.80. The van der Waals surface area contributed by atoms with Crippen LogP contribution >= 0.6 is 0 Å². The van der Waals surface area contributed by atoms with Crippen molar-refractivity contribution in [3.63, 3.8) is 0 Å². The first-order valence-electron chi connectivity index (χ1n) is 5.73. The number of hydrogen-bond acceptors (Lipinski definition) is 3. The molecule has 0 bridgehead atoms. The van der Waals surface area contributed by atoms with Crippen LogP contribution in [0.25, 0.3) is 0 Å². The second kappa shape index (κ2) is 5.99. The topological polar surface area (TPSA) is 95.5 Å². The SMILES string of the molecule is CC(=O)NC(C)C(=O)Nc1ccc(C(=O)O)cc1C. The summed E-state index contributed by atoms with van der Waals surface area (Å²) in [6, 6.07) is 3.75. The van der Waals surface area contributed by atoms with Crippen LogP contribution in [0.4, 0.5) is 5.69 Å². The highest BCUT2D eigenvalue weighted by Gasteiger charge is 2.15. The molecule has 1 aromatic carbocycles. The molecule has 0 spiro atoms. The molecule has 6 nitrogen and oxygen atoms in total. The van der Waals surface area contributed by atoms with Gasteiger partial charge >= 0.3 is 5.97 Å². The number of aromatic carboxylic acids is 1. The van der Waals surface area contributed by atoms with E-state index in [2.05, 4.69) is 10.6 Å². The molecule has 1 rings (SSSR count). The lowest BCUT2D eigenvalue weighted by Gasteiger charge is -2.14. The Labute approximate surface area is 110 Å². The zero-order chi connectivity index (χ0) is 14.6. The van der Waals surface area contributed by atoms with Gasteiger partial charge in [-0.25, -0.2) is 4.79 Å².